The van der Waals surface area contributed by atoms with Crippen molar-refractivity contribution in [3.63, 3.8) is 0 Å². The van der Waals surface area contributed by atoms with E-state index in [2.05, 4.69) is 10.2 Å². The van der Waals surface area contributed by atoms with Gasteiger partial charge in [-0.1, -0.05) is 18.9 Å². The van der Waals surface area contributed by atoms with E-state index < -0.39 is 0 Å². The van der Waals surface area contributed by atoms with E-state index in [1.165, 1.54) is 0 Å². The van der Waals surface area contributed by atoms with Crippen LogP contribution < -0.4 is 10.6 Å². The van der Waals surface area contributed by atoms with Gasteiger partial charge in [-0.3, -0.25) is 0 Å². The first-order valence-corrected chi connectivity index (χ1v) is 5.60. The molecule has 16 heavy (non-hydrogen) atoms. The van der Waals surface area contributed by atoms with Gasteiger partial charge in [-0.25, -0.2) is 0 Å². The highest BCUT2D eigenvalue weighted by molar-refractivity contribution is 5.24. The lowest BCUT2D eigenvalue weighted by atomic mass is 10.1. The van der Waals surface area contributed by atoms with Crippen LogP contribution in [0.15, 0.2) is 4.42 Å². The Kier molecular flexibility index (Phi) is 3.40. The number of hydrogen-bond acceptors (Lipinski definition) is 6. The SMILES string of the molecule is CC(C)C(N)c1nnc(N2CCOCC2)o1. The lowest BCUT2D eigenvalue weighted by Crippen LogP contribution is -2.36. The standard InChI is InChI=1S/C10H18N4O2/c1-7(2)8(11)9-12-13-10(16-9)14-3-5-15-6-4-14/h7-8H,3-6,11H2,1-2H3. The Morgan fingerprint density at radius 2 is 1.94 bits per heavy atom. The maximum Gasteiger partial charge on any atom is 0.318 e. The van der Waals surface area contributed by atoms with Crippen LogP contribution in [0.1, 0.15) is 25.8 Å². The summed E-state index contributed by atoms with van der Waals surface area (Å²) in [4.78, 5) is 2.02. The zero-order valence-corrected chi connectivity index (χ0v) is 9.72. The van der Waals surface area contributed by atoms with Gasteiger partial charge in [0.15, 0.2) is 0 Å². The molecule has 2 heterocycles. The second-order valence-corrected chi connectivity index (χ2v) is 4.29. The number of anilines is 1. The Morgan fingerprint density at radius 3 is 2.56 bits per heavy atom. The van der Waals surface area contributed by atoms with E-state index in [1.54, 1.807) is 0 Å². The molecular weight excluding hydrogens is 208 g/mol. The summed E-state index contributed by atoms with van der Waals surface area (Å²) in [5.41, 5.74) is 5.94. The number of rotatable bonds is 3. The molecule has 0 spiro atoms. The zero-order valence-electron chi connectivity index (χ0n) is 9.72. The van der Waals surface area contributed by atoms with E-state index in [9.17, 15) is 0 Å². The van der Waals surface area contributed by atoms with Gasteiger partial charge in [-0.05, 0) is 5.92 Å². The summed E-state index contributed by atoms with van der Waals surface area (Å²) in [5, 5.41) is 8.01. The van der Waals surface area contributed by atoms with E-state index >= 15 is 0 Å². The van der Waals surface area contributed by atoms with Crippen molar-refractivity contribution < 1.29 is 9.15 Å². The average molecular weight is 226 g/mol. The number of nitrogens with zero attached hydrogens (tertiary/aromatic N) is 3. The predicted molar refractivity (Wildman–Crippen MR) is 59.1 cm³/mol. The largest absolute Gasteiger partial charge is 0.406 e. The van der Waals surface area contributed by atoms with E-state index in [0.717, 1.165) is 13.1 Å². The molecule has 2 N–H and O–H groups in total. The smallest absolute Gasteiger partial charge is 0.318 e. The Balaban J connectivity index is 2.06. The molecule has 6 nitrogen and oxygen atoms in total. The Bertz CT molecular complexity index is 333. The first kappa shape index (κ1) is 11.3. The molecule has 2 rings (SSSR count). The van der Waals surface area contributed by atoms with Crippen LogP contribution in [0.5, 0.6) is 0 Å². The summed E-state index contributed by atoms with van der Waals surface area (Å²) in [6.07, 6.45) is 0. The van der Waals surface area contributed by atoms with Crippen molar-refractivity contribution in [2.45, 2.75) is 19.9 Å². The molecule has 1 saturated heterocycles. The van der Waals surface area contributed by atoms with Crippen LogP contribution in [0.25, 0.3) is 0 Å². The van der Waals surface area contributed by atoms with Crippen molar-refractivity contribution in [1.29, 1.82) is 0 Å². The third-order valence-electron chi connectivity index (χ3n) is 2.71. The molecular formula is C10H18N4O2. The van der Waals surface area contributed by atoms with Crippen molar-refractivity contribution >= 4 is 6.01 Å². The quantitative estimate of drug-likeness (QED) is 0.811. The molecule has 0 bridgehead atoms. The van der Waals surface area contributed by atoms with Crippen LogP contribution in [0.3, 0.4) is 0 Å². The fraction of sp³-hybridized carbons (Fsp3) is 0.800. The van der Waals surface area contributed by atoms with Crippen LogP contribution in [0, 0.1) is 5.92 Å². The highest BCUT2D eigenvalue weighted by Gasteiger charge is 2.21. The van der Waals surface area contributed by atoms with Gasteiger partial charge in [0.2, 0.25) is 5.89 Å². The van der Waals surface area contributed by atoms with Gasteiger partial charge in [-0.2, -0.15) is 0 Å². The molecule has 1 unspecified atom stereocenters. The molecule has 0 amide bonds. The normalized spacial score (nSPS) is 19.1. The minimum atomic E-state index is -0.192. The number of aromatic nitrogens is 2. The molecule has 1 aromatic heterocycles. The molecule has 1 fully saturated rings. The summed E-state index contributed by atoms with van der Waals surface area (Å²) in [6, 6.07) is 0.358. The molecule has 0 saturated carbocycles. The predicted octanol–water partition coefficient (Wildman–Crippen LogP) is 0.562. The molecule has 1 aliphatic rings. The molecule has 1 aromatic rings. The maximum atomic E-state index is 5.94. The van der Waals surface area contributed by atoms with Crippen molar-refractivity contribution in [2.75, 3.05) is 31.2 Å². The highest BCUT2D eigenvalue weighted by atomic mass is 16.5. The van der Waals surface area contributed by atoms with Gasteiger partial charge in [0, 0.05) is 13.1 Å². The topological polar surface area (TPSA) is 77.4 Å². The minimum absolute atomic E-state index is 0.192. The number of morpholine rings is 1. The summed E-state index contributed by atoms with van der Waals surface area (Å²) < 4.78 is 10.8. The molecule has 0 aromatic carbocycles. The molecule has 6 heteroatoms. The fourth-order valence-electron chi connectivity index (χ4n) is 1.53. The second kappa shape index (κ2) is 4.80. The van der Waals surface area contributed by atoms with Crippen LogP contribution in [-0.4, -0.2) is 36.5 Å². The number of ether oxygens (including phenoxy) is 1. The third-order valence-corrected chi connectivity index (χ3v) is 2.71. The Morgan fingerprint density at radius 1 is 1.25 bits per heavy atom. The van der Waals surface area contributed by atoms with Crippen molar-refractivity contribution in [3.05, 3.63) is 5.89 Å². The molecule has 1 atom stereocenters. The zero-order chi connectivity index (χ0) is 11.5. The third kappa shape index (κ3) is 2.33. The number of hydrogen-bond donors (Lipinski definition) is 1. The van der Waals surface area contributed by atoms with E-state index in [-0.39, 0.29) is 12.0 Å². The molecule has 90 valence electrons. The summed E-state index contributed by atoms with van der Waals surface area (Å²) in [7, 11) is 0. The van der Waals surface area contributed by atoms with Crippen molar-refractivity contribution in [3.8, 4) is 0 Å². The van der Waals surface area contributed by atoms with Gasteiger partial charge in [-0.15, -0.1) is 5.10 Å². The van der Waals surface area contributed by atoms with Gasteiger partial charge in [0.25, 0.3) is 0 Å². The first-order chi connectivity index (χ1) is 7.68. The van der Waals surface area contributed by atoms with Gasteiger partial charge in [0.1, 0.15) is 0 Å². The lowest BCUT2D eigenvalue weighted by molar-refractivity contribution is 0.120. The Hall–Kier alpha value is -1.14. The Labute approximate surface area is 94.8 Å². The van der Waals surface area contributed by atoms with Crippen LogP contribution in [0.2, 0.25) is 0 Å². The first-order valence-electron chi connectivity index (χ1n) is 5.60. The number of nitrogens with two attached hydrogens (primary N) is 1. The highest BCUT2D eigenvalue weighted by Crippen LogP contribution is 2.21. The van der Waals surface area contributed by atoms with Crippen LogP contribution >= 0.6 is 0 Å². The average Bonchev–Trinajstić information content (AvgIpc) is 2.78. The second-order valence-electron chi connectivity index (χ2n) is 4.29. The summed E-state index contributed by atoms with van der Waals surface area (Å²) in [5.74, 6) is 0.800. The fourth-order valence-corrected chi connectivity index (χ4v) is 1.53. The molecule has 0 aliphatic carbocycles. The molecule has 1 aliphatic heterocycles. The van der Waals surface area contributed by atoms with Gasteiger partial charge >= 0.3 is 6.01 Å². The summed E-state index contributed by atoms with van der Waals surface area (Å²) in [6.45, 7) is 7.05. The molecule has 0 radical (unpaired) electrons. The maximum absolute atomic E-state index is 5.94. The lowest BCUT2D eigenvalue weighted by Gasteiger charge is -2.24. The van der Waals surface area contributed by atoms with E-state index in [1.807, 2.05) is 18.7 Å². The van der Waals surface area contributed by atoms with E-state index in [0.29, 0.717) is 25.1 Å². The van der Waals surface area contributed by atoms with Crippen molar-refractivity contribution in [1.82, 2.24) is 10.2 Å². The van der Waals surface area contributed by atoms with Crippen LogP contribution in [0.4, 0.5) is 6.01 Å². The van der Waals surface area contributed by atoms with Crippen LogP contribution in [-0.2, 0) is 4.74 Å². The monoisotopic (exact) mass is 226 g/mol. The van der Waals surface area contributed by atoms with E-state index in [4.69, 9.17) is 14.9 Å². The van der Waals surface area contributed by atoms with Gasteiger partial charge in [0.05, 0.1) is 19.3 Å². The van der Waals surface area contributed by atoms with Crippen molar-refractivity contribution in [2.24, 2.45) is 11.7 Å². The van der Waals surface area contributed by atoms with Gasteiger partial charge < -0.3 is 19.8 Å². The summed E-state index contributed by atoms with van der Waals surface area (Å²) >= 11 is 0. The minimum Gasteiger partial charge on any atom is -0.406 e.